The van der Waals surface area contributed by atoms with E-state index in [9.17, 15) is 26.4 Å². The molecule has 1 N–H and O–H groups in total. The largest absolute Gasteiger partial charge is 0.501 e. The van der Waals surface area contributed by atoms with Crippen LogP contribution in [0.5, 0.6) is 0 Å². The minimum Gasteiger partial charge on any atom is -0.325 e. The number of hydrogen-bond acceptors (Lipinski definition) is 3. The lowest BCUT2D eigenvalue weighted by Gasteiger charge is -2.23. The summed E-state index contributed by atoms with van der Waals surface area (Å²) < 4.78 is 62.4. The zero-order chi connectivity index (χ0) is 17.3. The molecule has 0 heterocycles. The van der Waals surface area contributed by atoms with Crippen LogP contribution >= 0.6 is 0 Å². The van der Waals surface area contributed by atoms with Crippen molar-refractivity contribution in [2.24, 2.45) is 0 Å². The highest BCUT2D eigenvalue weighted by atomic mass is 32.2. The average molecular weight is 349 g/mol. The van der Waals surface area contributed by atoms with Crippen LogP contribution in [-0.4, -0.2) is 19.8 Å². The van der Waals surface area contributed by atoms with Gasteiger partial charge < -0.3 is 5.32 Å². The summed E-state index contributed by atoms with van der Waals surface area (Å²) in [6.45, 7) is 1.76. The fourth-order valence-electron chi connectivity index (χ4n) is 2.72. The zero-order valence-electron chi connectivity index (χ0n) is 12.7. The average Bonchev–Trinajstić information content (AvgIpc) is 2.46. The van der Waals surface area contributed by atoms with Gasteiger partial charge in [0.05, 0.1) is 10.6 Å². The summed E-state index contributed by atoms with van der Waals surface area (Å²) in [6, 6.07) is 2.37. The molecule has 0 saturated heterocycles. The first-order chi connectivity index (χ1) is 10.7. The van der Waals surface area contributed by atoms with Crippen molar-refractivity contribution in [2.75, 3.05) is 5.32 Å². The van der Waals surface area contributed by atoms with Gasteiger partial charge in [-0.3, -0.25) is 4.79 Å². The second-order valence-corrected chi connectivity index (χ2v) is 7.44. The summed E-state index contributed by atoms with van der Waals surface area (Å²) in [5.41, 5.74) is -4.30. The maximum atomic E-state index is 12.9. The van der Waals surface area contributed by atoms with Crippen LogP contribution in [0.3, 0.4) is 0 Å². The summed E-state index contributed by atoms with van der Waals surface area (Å²) in [7, 11) is -5.52. The van der Waals surface area contributed by atoms with E-state index in [1.54, 1.807) is 6.92 Å². The molecule has 1 aromatic rings. The maximum absolute atomic E-state index is 12.9. The van der Waals surface area contributed by atoms with E-state index in [0.717, 1.165) is 24.5 Å². The first-order valence-electron chi connectivity index (χ1n) is 7.44. The number of fused-ring (bicyclic) bond motifs is 1. The van der Waals surface area contributed by atoms with Crippen LogP contribution in [0.4, 0.5) is 18.9 Å². The third-order valence-corrected chi connectivity index (χ3v) is 5.36. The van der Waals surface area contributed by atoms with Gasteiger partial charge in [-0.1, -0.05) is 13.0 Å². The number of rotatable bonds is 4. The van der Waals surface area contributed by atoms with Gasteiger partial charge >= 0.3 is 5.51 Å². The Morgan fingerprint density at radius 3 is 2.48 bits per heavy atom. The van der Waals surface area contributed by atoms with Gasteiger partial charge in [-0.2, -0.15) is 13.2 Å². The van der Waals surface area contributed by atoms with Crippen LogP contribution in [0.15, 0.2) is 17.0 Å². The maximum Gasteiger partial charge on any atom is 0.501 e. The summed E-state index contributed by atoms with van der Waals surface area (Å²) in [6.07, 6.45) is 3.40. The number of nitrogens with one attached hydrogen (secondary N) is 1. The van der Waals surface area contributed by atoms with Crippen molar-refractivity contribution in [3.05, 3.63) is 23.3 Å². The third kappa shape index (κ3) is 3.52. The molecule has 0 saturated carbocycles. The Morgan fingerprint density at radius 1 is 1.22 bits per heavy atom. The van der Waals surface area contributed by atoms with Gasteiger partial charge in [-0.25, -0.2) is 8.42 Å². The smallest absolute Gasteiger partial charge is 0.325 e. The molecule has 0 radical (unpaired) electrons. The van der Waals surface area contributed by atoms with Crippen molar-refractivity contribution >= 4 is 21.4 Å². The molecule has 0 fully saturated rings. The summed E-state index contributed by atoms with van der Waals surface area (Å²) in [5, 5.41) is 2.40. The Morgan fingerprint density at radius 2 is 1.87 bits per heavy atom. The van der Waals surface area contributed by atoms with Crippen LogP contribution in [0.1, 0.15) is 43.7 Å². The molecule has 0 atom stereocenters. The molecule has 1 aliphatic carbocycles. The Balaban J connectivity index is 2.60. The molecule has 8 heteroatoms. The van der Waals surface area contributed by atoms with E-state index in [1.807, 2.05) is 0 Å². The van der Waals surface area contributed by atoms with Gasteiger partial charge in [-0.15, -0.1) is 0 Å². The normalized spacial score (nSPS) is 15.1. The number of halogens is 3. The number of carbonyl (C=O) groups excluding carboxylic acids is 1. The molecule has 0 aliphatic heterocycles. The standard InChI is InChI=1S/C15H18F3NO3S/c1-2-5-13(20)19-14-11-7-4-3-6-10(11)8-9-12(14)23(21,22)15(16,17)18/h8-9H,2-7H2,1H3,(H,19,20). The van der Waals surface area contributed by atoms with Gasteiger partial charge in [0.2, 0.25) is 5.91 Å². The zero-order valence-corrected chi connectivity index (χ0v) is 13.5. The first kappa shape index (κ1) is 17.8. The Bertz CT molecular complexity index is 711. The highest BCUT2D eigenvalue weighted by Crippen LogP contribution is 2.39. The summed E-state index contributed by atoms with van der Waals surface area (Å²) in [5.74, 6) is -0.481. The van der Waals surface area contributed by atoms with Gasteiger partial charge in [0.15, 0.2) is 0 Å². The topological polar surface area (TPSA) is 63.2 Å². The van der Waals surface area contributed by atoms with Gasteiger partial charge in [0, 0.05) is 6.42 Å². The Hall–Kier alpha value is -1.57. The lowest BCUT2D eigenvalue weighted by molar-refractivity contribution is -0.116. The molecule has 1 amide bonds. The van der Waals surface area contributed by atoms with Crippen LogP contribution in [0.2, 0.25) is 0 Å². The summed E-state index contributed by atoms with van der Waals surface area (Å²) in [4.78, 5) is 11.0. The first-order valence-corrected chi connectivity index (χ1v) is 8.92. The molecule has 23 heavy (non-hydrogen) atoms. The van der Waals surface area contributed by atoms with E-state index < -0.39 is 26.1 Å². The number of alkyl halides is 3. The number of carbonyl (C=O) groups is 1. The van der Waals surface area contributed by atoms with Crippen molar-refractivity contribution in [1.82, 2.24) is 0 Å². The van der Waals surface area contributed by atoms with Crippen LogP contribution in [0.25, 0.3) is 0 Å². The molecule has 128 valence electrons. The number of amides is 1. The number of aryl methyl sites for hydroxylation is 1. The molecule has 0 unspecified atom stereocenters. The van der Waals surface area contributed by atoms with Gasteiger partial charge in [-0.05, 0) is 49.3 Å². The second kappa shape index (κ2) is 6.51. The molecule has 1 aliphatic rings. The van der Waals surface area contributed by atoms with E-state index in [0.29, 0.717) is 24.8 Å². The van der Waals surface area contributed by atoms with E-state index in [4.69, 9.17) is 0 Å². The van der Waals surface area contributed by atoms with E-state index in [-0.39, 0.29) is 12.1 Å². The van der Waals surface area contributed by atoms with Gasteiger partial charge in [0.25, 0.3) is 9.84 Å². The van der Waals surface area contributed by atoms with Crippen molar-refractivity contribution in [3.63, 3.8) is 0 Å². The number of anilines is 1. The minimum atomic E-state index is -5.52. The quantitative estimate of drug-likeness (QED) is 0.903. The SMILES string of the molecule is CCCC(=O)Nc1c(S(=O)(=O)C(F)(F)F)ccc2c1CCCC2. The highest BCUT2D eigenvalue weighted by Gasteiger charge is 2.48. The van der Waals surface area contributed by atoms with Crippen molar-refractivity contribution < 1.29 is 26.4 Å². The highest BCUT2D eigenvalue weighted by molar-refractivity contribution is 7.92. The summed E-state index contributed by atoms with van der Waals surface area (Å²) >= 11 is 0. The number of benzene rings is 1. The van der Waals surface area contributed by atoms with E-state index in [1.165, 1.54) is 6.07 Å². The van der Waals surface area contributed by atoms with Crippen molar-refractivity contribution in [1.29, 1.82) is 0 Å². The lowest BCUT2D eigenvalue weighted by atomic mass is 9.90. The van der Waals surface area contributed by atoms with Crippen LogP contribution in [-0.2, 0) is 27.5 Å². The minimum absolute atomic E-state index is 0.120. The van der Waals surface area contributed by atoms with E-state index >= 15 is 0 Å². The molecule has 4 nitrogen and oxygen atoms in total. The molecule has 1 aromatic carbocycles. The van der Waals surface area contributed by atoms with E-state index in [2.05, 4.69) is 5.32 Å². The predicted molar refractivity (Wildman–Crippen MR) is 79.9 cm³/mol. The van der Waals surface area contributed by atoms with Crippen molar-refractivity contribution in [2.45, 2.75) is 55.9 Å². The number of hydrogen-bond donors (Lipinski definition) is 1. The Kier molecular flexibility index (Phi) is 5.03. The Labute approximate surface area is 133 Å². The molecule has 0 spiro atoms. The second-order valence-electron chi connectivity index (χ2n) is 5.53. The molecular formula is C15H18F3NO3S. The molecule has 0 aromatic heterocycles. The predicted octanol–water partition coefficient (Wildman–Crippen LogP) is 3.60. The molecule has 0 bridgehead atoms. The monoisotopic (exact) mass is 349 g/mol. The number of sulfone groups is 1. The van der Waals surface area contributed by atoms with Crippen molar-refractivity contribution in [3.8, 4) is 0 Å². The fourth-order valence-corrected chi connectivity index (χ4v) is 3.66. The van der Waals surface area contributed by atoms with Gasteiger partial charge in [0.1, 0.15) is 0 Å². The molecular weight excluding hydrogens is 331 g/mol. The van der Waals surface area contributed by atoms with Crippen LogP contribution in [0, 0.1) is 0 Å². The lowest BCUT2D eigenvalue weighted by Crippen LogP contribution is -2.26. The molecule has 2 rings (SSSR count). The van der Waals surface area contributed by atoms with Crippen LogP contribution < -0.4 is 5.32 Å². The fraction of sp³-hybridized carbons (Fsp3) is 0.533. The third-order valence-electron chi connectivity index (χ3n) is 3.83.